The van der Waals surface area contributed by atoms with Gasteiger partial charge in [0, 0.05) is 23.8 Å². The minimum Gasteiger partial charge on any atom is -0.349 e. The van der Waals surface area contributed by atoms with Crippen LogP contribution in [0.5, 0.6) is 0 Å². The van der Waals surface area contributed by atoms with Crippen molar-refractivity contribution in [1.82, 2.24) is 5.32 Å². The van der Waals surface area contributed by atoms with Crippen LogP contribution in [0, 0.1) is 40.4 Å². The first-order valence-electron chi connectivity index (χ1n) is 10.8. The van der Waals surface area contributed by atoms with Crippen molar-refractivity contribution in [3.05, 3.63) is 12.2 Å². The molecule has 0 aromatic heterocycles. The molecule has 1 N–H and O–H groups in total. The van der Waals surface area contributed by atoms with E-state index < -0.39 is 0 Å². The van der Waals surface area contributed by atoms with Crippen molar-refractivity contribution in [2.45, 2.75) is 78.7 Å². The summed E-state index contributed by atoms with van der Waals surface area (Å²) in [5.74, 6) is 3.39. The monoisotopic (exact) mass is 357 g/mol. The van der Waals surface area contributed by atoms with Crippen molar-refractivity contribution < 1.29 is 9.59 Å². The SMILES string of the molecule is CC(C)CC(=O)C1CC[C@H]2[C@@H]3CCC4NC(=O)C=C[C@]4(C)[C@@H]3CC[C@]12C. The van der Waals surface area contributed by atoms with E-state index in [4.69, 9.17) is 0 Å². The van der Waals surface area contributed by atoms with Gasteiger partial charge in [0.1, 0.15) is 5.78 Å². The van der Waals surface area contributed by atoms with Gasteiger partial charge < -0.3 is 5.32 Å². The maximum atomic E-state index is 12.9. The highest BCUT2D eigenvalue weighted by atomic mass is 16.1. The Kier molecular flexibility index (Phi) is 4.36. The zero-order valence-corrected chi connectivity index (χ0v) is 16.9. The van der Waals surface area contributed by atoms with E-state index in [0.717, 1.165) is 19.3 Å². The van der Waals surface area contributed by atoms with Crippen molar-refractivity contribution in [1.29, 1.82) is 0 Å². The zero-order valence-electron chi connectivity index (χ0n) is 16.9. The van der Waals surface area contributed by atoms with E-state index in [9.17, 15) is 9.59 Å². The molecule has 3 fully saturated rings. The molecule has 3 nitrogen and oxygen atoms in total. The van der Waals surface area contributed by atoms with E-state index >= 15 is 0 Å². The van der Waals surface area contributed by atoms with Crippen LogP contribution in [0.15, 0.2) is 12.2 Å². The lowest BCUT2D eigenvalue weighted by Gasteiger charge is -2.58. The van der Waals surface area contributed by atoms with Crippen molar-refractivity contribution in [2.24, 2.45) is 40.4 Å². The van der Waals surface area contributed by atoms with Crippen molar-refractivity contribution in [3.63, 3.8) is 0 Å². The Hall–Kier alpha value is -1.12. The number of hydrogen-bond donors (Lipinski definition) is 1. The molecule has 144 valence electrons. The van der Waals surface area contributed by atoms with E-state index in [1.54, 1.807) is 6.08 Å². The molecule has 1 heterocycles. The number of carbonyl (C=O) groups excluding carboxylic acids is 2. The second-order valence-corrected chi connectivity index (χ2v) is 10.5. The Morgan fingerprint density at radius 3 is 2.65 bits per heavy atom. The number of fused-ring (bicyclic) bond motifs is 5. The van der Waals surface area contributed by atoms with E-state index in [2.05, 4.69) is 39.1 Å². The second kappa shape index (κ2) is 6.21. The Morgan fingerprint density at radius 1 is 1.15 bits per heavy atom. The van der Waals surface area contributed by atoms with Crippen molar-refractivity contribution >= 4 is 11.7 Å². The number of hydrogen-bond acceptors (Lipinski definition) is 2. The maximum Gasteiger partial charge on any atom is 0.243 e. The summed E-state index contributed by atoms with van der Waals surface area (Å²) in [5.41, 5.74) is 0.302. The molecule has 2 unspecified atom stereocenters. The number of rotatable bonds is 3. The minimum atomic E-state index is 0.0757. The fourth-order valence-corrected chi connectivity index (χ4v) is 7.41. The second-order valence-electron chi connectivity index (χ2n) is 10.5. The molecule has 0 saturated heterocycles. The summed E-state index contributed by atoms with van der Waals surface area (Å²) in [6, 6.07) is 0.297. The lowest BCUT2D eigenvalue weighted by molar-refractivity contribution is -0.132. The van der Waals surface area contributed by atoms with E-state index in [1.165, 1.54) is 25.7 Å². The average molecular weight is 358 g/mol. The third-order valence-corrected chi connectivity index (χ3v) is 8.68. The van der Waals surface area contributed by atoms with Crippen LogP contribution in [0.1, 0.15) is 72.6 Å². The number of amides is 1. The summed E-state index contributed by atoms with van der Waals surface area (Å²) < 4.78 is 0. The lowest BCUT2D eigenvalue weighted by atomic mass is 9.47. The fraction of sp³-hybridized carbons (Fsp3) is 0.826. The molecular weight excluding hydrogens is 322 g/mol. The van der Waals surface area contributed by atoms with E-state index in [1.807, 2.05) is 0 Å². The third kappa shape index (κ3) is 2.60. The molecule has 26 heavy (non-hydrogen) atoms. The van der Waals surface area contributed by atoms with Gasteiger partial charge in [0.25, 0.3) is 0 Å². The quantitative estimate of drug-likeness (QED) is 0.807. The van der Waals surface area contributed by atoms with Crippen LogP contribution in [0.3, 0.4) is 0 Å². The zero-order chi connectivity index (χ0) is 18.7. The van der Waals surface area contributed by atoms with Gasteiger partial charge in [-0.15, -0.1) is 0 Å². The summed E-state index contributed by atoms with van der Waals surface area (Å²) in [7, 11) is 0. The molecule has 0 spiro atoms. The van der Waals surface area contributed by atoms with Crippen LogP contribution >= 0.6 is 0 Å². The van der Waals surface area contributed by atoms with Gasteiger partial charge in [-0.1, -0.05) is 33.8 Å². The van der Waals surface area contributed by atoms with Crippen molar-refractivity contribution in [3.8, 4) is 0 Å². The van der Waals surface area contributed by atoms with Gasteiger partial charge in [0.15, 0.2) is 0 Å². The summed E-state index contributed by atoms with van der Waals surface area (Å²) in [6.07, 6.45) is 11.7. The molecule has 1 aliphatic heterocycles. The highest BCUT2D eigenvalue weighted by Crippen LogP contribution is 2.65. The molecule has 3 aliphatic carbocycles. The van der Waals surface area contributed by atoms with Gasteiger partial charge in [0.05, 0.1) is 0 Å². The largest absolute Gasteiger partial charge is 0.349 e. The molecule has 1 amide bonds. The first kappa shape index (κ1) is 18.3. The Morgan fingerprint density at radius 2 is 1.92 bits per heavy atom. The predicted molar refractivity (Wildman–Crippen MR) is 103 cm³/mol. The van der Waals surface area contributed by atoms with Gasteiger partial charge in [-0.2, -0.15) is 0 Å². The van der Waals surface area contributed by atoms with Gasteiger partial charge in [-0.05, 0) is 73.7 Å². The Bertz CT molecular complexity index is 638. The molecule has 4 rings (SSSR count). The summed E-state index contributed by atoms with van der Waals surface area (Å²) in [6.45, 7) is 9.12. The van der Waals surface area contributed by atoms with Gasteiger partial charge >= 0.3 is 0 Å². The Labute approximate surface area is 158 Å². The highest BCUT2D eigenvalue weighted by Gasteiger charge is 2.60. The molecule has 3 heteroatoms. The molecule has 0 bridgehead atoms. The maximum absolute atomic E-state index is 12.9. The Balaban J connectivity index is 1.59. The van der Waals surface area contributed by atoms with Crippen LogP contribution in [0.2, 0.25) is 0 Å². The van der Waals surface area contributed by atoms with Crippen LogP contribution in [0.25, 0.3) is 0 Å². The number of Topliss-reactive ketones (excluding diaryl/α,β-unsaturated/α-hetero) is 1. The van der Waals surface area contributed by atoms with Crippen LogP contribution in [0.4, 0.5) is 0 Å². The fourth-order valence-electron chi connectivity index (χ4n) is 7.41. The number of nitrogens with one attached hydrogen (secondary N) is 1. The molecule has 3 saturated carbocycles. The summed E-state index contributed by atoms with van der Waals surface area (Å²) >= 11 is 0. The van der Waals surface area contributed by atoms with Gasteiger partial charge in [-0.3, -0.25) is 9.59 Å². The molecule has 0 aromatic rings. The molecule has 0 radical (unpaired) electrons. The molecule has 4 aliphatic rings. The van der Waals surface area contributed by atoms with Crippen molar-refractivity contribution in [2.75, 3.05) is 0 Å². The first-order valence-corrected chi connectivity index (χ1v) is 10.8. The average Bonchev–Trinajstić information content (AvgIpc) is 2.92. The van der Waals surface area contributed by atoms with E-state index in [0.29, 0.717) is 35.5 Å². The minimum absolute atomic E-state index is 0.0757. The summed E-state index contributed by atoms with van der Waals surface area (Å²) in [4.78, 5) is 24.8. The summed E-state index contributed by atoms with van der Waals surface area (Å²) in [5, 5.41) is 3.23. The first-order chi connectivity index (χ1) is 12.3. The van der Waals surface area contributed by atoms with Crippen LogP contribution < -0.4 is 5.32 Å². The predicted octanol–water partition coefficient (Wildman–Crippen LogP) is 4.52. The molecular formula is C23H35NO2. The van der Waals surface area contributed by atoms with Gasteiger partial charge in [0.2, 0.25) is 5.91 Å². The standard InChI is InChI=1S/C23H35NO2/c1-14(2)13-19(25)18-7-6-16-15-5-8-20-23(4,12-10-21(26)24-20)17(15)9-11-22(16,18)3/h10,12,14-18,20H,5-9,11,13H2,1-4H3,(H,24,26)/t15-,16-,17+,18?,20?,22-,23+/m0/s1. The van der Waals surface area contributed by atoms with Gasteiger partial charge in [-0.25, -0.2) is 0 Å². The van der Waals surface area contributed by atoms with E-state index in [-0.39, 0.29) is 22.7 Å². The third-order valence-electron chi connectivity index (χ3n) is 8.68. The lowest BCUT2D eigenvalue weighted by Crippen LogP contribution is -2.59. The molecule has 7 atom stereocenters. The number of ketones is 1. The topological polar surface area (TPSA) is 46.2 Å². The number of carbonyl (C=O) groups is 2. The van der Waals surface area contributed by atoms with Crippen LogP contribution in [-0.2, 0) is 9.59 Å². The molecule has 0 aromatic carbocycles. The highest BCUT2D eigenvalue weighted by molar-refractivity contribution is 5.89. The normalized spacial score (nSPS) is 47.1. The smallest absolute Gasteiger partial charge is 0.243 e. The van der Waals surface area contributed by atoms with Crippen LogP contribution in [-0.4, -0.2) is 17.7 Å².